The van der Waals surface area contributed by atoms with Gasteiger partial charge in [0.25, 0.3) is 0 Å². The van der Waals surface area contributed by atoms with Crippen LogP contribution in [-0.2, 0) is 9.53 Å². The molecular formula is C28H22Cl2FNO3. The number of ether oxygens (including phenoxy) is 2. The van der Waals surface area contributed by atoms with Crippen molar-refractivity contribution in [3.8, 4) is 17.6 Å². The highest BCUT2D eigenvalue weighted by atomic mass is 35.5. The average Bonchev–Trinajstić information content (AvgIpc) is 3.39. The van der Waals surface area contributed by atoms with E-state index in [1.54, 1.807) is 48.5 Å². The first-order valence-electron chi connectivity index (χ1n) is 11.0. The number of nitriles is 1. The van der Waals surface area contributed by atoms with Crippen molar-refractivity contribution in [2.75, 3.05) is 0 Å². The molecule has 4 rings (SSSR count). The number of hydrogen-bond acceptors (Lipinski definition) is 4. The minimum Gasteiger partial charge on any atom is -0.454 e. The van der Waals surface area contributed by atoms with Crippen LogP contribution < -0.4 is 4.74 Å². The second-order valence-corrected chi connectivity index (χ2v) is 9.74. The summed E-state index contributed by atoms with van der Waals surface area (Å²) in [6.45, 7) is 3.88. The maximum Gasteiger partial charge on any atom is 0.311 e. The van der Waals surface area contributed by atoms with Gasteiger partial charge in [-0.1, -0.05) is 79.5 Å². The zero-order chi connectivity index (χ0) is 25.2. The van der Waals surface area contributed by atoms with Gasteiger partial charge in [0.2, 0.25) is 6.10 Å². The highest BCUT2D eigenvalue weighted by Gasteiger charge is 2.62. The largest absolute Gasteiger partial charge is 0.454 e. The maximum atomic E-state index is 14.3. The van der Waals surface area contributed by atoms with Crippen molar-refractivity contribution in [3.05, 3.63) is 101 Å². The number of allylic oxidation sites excluding steroid dienone is 1. The van der Waals surface area contributed by atoms with E-state index in [4.69, 9.17) is 32.7 Å². The first-order valence-corrected chi connectivity index (χ1v) is 11.7. The van der Waals surface area contributed by atoms with Crippen LogP contribution in [0.15, 0.2) is 78.9 Å². The molecule has 4 nitrogen and oxygen atoms in total. The monoisotopic (exact) mass is 509 g/mol. The zero-order valence-corrected chi connectivity index (χ0v) is 20.6. The number of nitrogens with zero attached hydrogens (tertiary/aromatic N) is 1. The topological polar surface area (TPSA) is 59.3 Å². The quantitative estimate of drug-likeness (QED) is 0.303. The lowest BCUT2D eigenvalue weighted by molar-refractivity contribution is -0.149. The van der Waals surface area contributed by atoms with E-state index in [-0.39, 0.29) is 11.7 Å². The molecule has 0 bridgehead atoms. The minimum absolute atomic E-state index is 0.0627. The van der Waals surface area contributed by atoms with Gasteiger partial charge in [-0.2, -0.15) is 5.26 Å². The average molecular weight is 510 g/mol. The summed E-state index contributed by atoms with van der Waals surface area (Å²) in [4.78, 5) is 13.0. The molecule has 1 fully saturated rings. The van der Waals surface area contributed by atoms with Crippen LogP contribution >= 0.6 is 23.2 Å². The molecule has 3 atom stereocenters. The SMILES string of the molecule is CC1(C)[C@H](/C=C(/Cl)c2ccc(Cl)cc2)[C@@H]1C(=O)O[C@@H](C#N)c1ccc(F)c(Oc2ccccc2)c1. The van der Waals surface area contributed by atoms with Crippen LogP contribution in [-0.4, -0.2) is 5.97 Å². The van der Waals surface area contributed by atoms with Crippen molar-refractivity contribution in [3.63, 3.8) is 0 Å². The molecule has 178 valence electrons. The molecule has 7 heteroatoms. The molecule has 0 N–H and O–H groups in total. The van der Waals surface area contributed by atoms with Crippen LogP contribution in [0.25, 0.3) is 5.03 Å². The molecule has 3 aromatic carbocycles. The van der Waals surface area contributed by atoms with Crippen LogP contribution in [0.5, 0.6) is 11.5 Å². The number of benzene rings is 3. The van der Waals surface area contributed by atoms with E-state index < -0.39 is 29.2 Å². The number of para-hydroxylation sites is 1. The van der Waals surface area contributed by atoms with Gasteiger partial charge in [0.1, 0.15) is 11.8 Å². The Labute approximate surface area is 213 Å². The summed E-state index contributed by atoms with van der Waals surface area (Å²) in [6, 6.07) is 21.7. The molecular weight excluding hydrogens is 488 g/mol. The molecule has 3 aromatic rings. The number of rotatable bonds is 7. The summed E-state index contributed by atoms with van der Waals surface area (Å²) in [6.07, 6.45) is 0.621. The van der Waals surface area contributed by atoms with Gasteiger partial charge in [-0.3, -0.25) is 4.79 Å². The molecule has 0 radical (unpaired) electrons. The van der Waals surface area contributed by atoms with Crippen LogP contribution in [0, 0.1) is 34.4 Å². The third-order valence-corrected chi connectivity index (χ3v) is 6.79. The van der Waals surface area contributed by atoms with Gasteiger partial charge >= 0.3 is 5.97 Å². The Bertz CT molecular complexity index is 1300. The van der Waals surface area contributed by atoms with E-state index in [1.165, 1.54) is 18.2 Å². The summed E-state index contributed by atoms with van der Waals surface area (Å²) >= 11 is 12.4. The lowest BCUT2D eigenvalue weighted by Crippen LogP contribution is -2.14. The Hall–Kier alpha value is -3.33. The number of carbonyl (C=O) groups excluding carboxylic acids is 1. The lowest BCUT2D eigenvalue weighted by atomic mass is 10.1. The van der Waals surface area contributed by atoms with Crippen molar-refractivity contribution >= 4 is 34.2 Å². The first-order chi connectivity index (χ1) is 16.7. The lowest BCUT2D eigenvalue weighted by Gasteiger charge is -2.14. The Morgan fingerprint density at radius 2 is 1.80 bits per heavy atom. The predicted octanol–water partition coefficient (Wildman–Crippen LogP) is 7.93. The zero-order valence-electron chi connectivity index (χ0n) is 19.0. The van der Waals surface area contributed by atoms with Gasteiger partial charge in [-0.05, 0) is 53.3 Å². The van der Waals surface area contributed by atoms with Crippen molar-refractivity contribution in [2.24, 2.45) is 17.3 Å². The number of carbonyl (C=O) groups is 1. The summed E-state index contributed by atoms with van der Waals surface area (Å²) < 4.78 is 25.5. The van der Waals surface area contributed by atoms with E-state index in [2.05, 4.69) is 0 Å². The van der Waals surface area contributed by atoms with Crippen molar-refractivity contribution < 1.29 is 18.7 Å². The fraction of sp³-hybridized carbons (Fsp3) is 0.214. The smallest absolute Gasteiger partial charge is 0.311 e. The van der Waals surface area contributed by atoms with Gasteiger partial charge in [0.05, 0.1) is 5.92 Å². The highest BCUT2D eigenvalue weighted by Crippen LogP contribution is 2.60. The Morgan fingerprint density at radius 3 is 2.46 bits per heavy atom. The van der Waals surface area contributed by atoms with Crippen LogP contribution in [0.4, 0.5) is 4.39 Å². The van der Waals surface area contributed by atoms with Gasteiger partial charge in [-0.25, -0.2) is 4.39 Å². The van der Waals surface area contributed by atoms with Crippen molar-refractivity contribution in [1.29, 1.82) is 5.26 Å². The Morgan fingerprint density at radius 1 is 1.11 bits per heavy atom. The summed E-state index contributed by atoms with van der Waals surface area (Å²) in [5.74, 6) is -1.36. The number of halogens is 3. The van der Waals surface area contributed by atoms with Gasteiger partial charge < -0.3 is 9.47 Å². The molecule has 0 aliphatic heterocycles. The van der Waals surface area contributed by atoms with Gasteiger partial charge in [-0.15, -0.1) is 0 Å². The molecule has 1 aliphatic rings. The molecule has 35 heavy (non-hydrogen) atoms. The maximum absolute atomic E-state index is 14.3. The fourth-order valence-corrected chi connectivity index (χ4v) is 4.42. The van der Waals surface area contributed by atoms with Gasteiger partial charge in [0.15, 0.2) is 11.6 Å². The van der Waals surface area contributed by atoms with E-state index in [1.807, 2.05) is 32.1 Å². The van der Waals surface area contributed by atoms with E-state index in [0.717, 1.165) is 5.56 Å². The molecule has 0 saturated heterocycles. The van der Waals surface area contributed by atoms with Crippen molar-refractivity contribution in [2.45, 2.75) is 20.0 Å². The fourth-order valence-electron chi connectivity index (χ4n) is 4.04. The second kappa shape index (κ2) is 10.1. The highest BCUT2D eigenvalue weighted by molar-refractivity contribution is 6.48. The molecule has 1 aliphatic carbocycles. The van der Waals surface area contributed by atoms with Gasteiger partial charge in [0, 0.05) is 15.6 Å². The van der Waals surface area contributed by atoms with E-state index in [0.29, 0.717) is 21.4 Å². The number of esters is 1. The molecule has 1 saturated carbocycles. The first kappa shape index (κ1) is 24.8. The molecule has 0 heterocycles. The van der Waals surface area contributed by atoms with Crippen LogP contribution in [0.1, 0.15) is 31.1 Å². The van der Waals surface area contributed by atoms with Crippen molar-refractivity contribution in [1.82, 2.24) is 0 Å². The molecule has 0 aromatic heterocycles. The predicted molar refractivity (Wildman–Crippen MR) is 133 cm³/mol. The van der Waals surface area contributed by atoms with Crippen LogP contribution in [0.3, 0.4) is 0 Å². The normalized spacial score (nSPS) is 19.4. The summed E-state index contributed by atoms with van der Waals surface area (Å²) in [7, 11) is 0. The molecule has 0 spiro atoms. The number of hydrogen-bond donors (Lipinski definition) is 0. The third-order valence-electron chi connectivity index (χ3n) is 6.19. The summed E-state index contributed by atoms with van der Waals surface area (Å²) in [5, 5.41) is 10.8. The summed E-state index contributed by atoms with van der Waals surface area (Å²) in [5.41, 5.74) is 0.713. The Balaban J connectivity index is 1.49. The second-order valence-electron chi connectivity index (χ2n) is 8.90. The third kappa shape index (κ3) is 5.51. The van der Waals surface area contributed by atoms with E-state index in [9.17, 15) is 14.4 Å². The van der Waals surface area contributed by atoms with E-state index >= 15 is 0 Å². The molecule has 0 unspecified atom stereocenters. The standard InChI is InChI=1S/C28H22Cl2FNO3/c1-28(2)21(15-22(30)17-8-11-19(29)12-9-17)26(28)27(33)35-25(16-32)18-10-13-23(31)24(14-18)34-20-6-4-3-5-7-20/h3-15,21,25-26H,1-2H3/b22-15+/t21-,25+,26-/m1/s1. The van der Waals surface area contributed by atoms with Crippen LogP contribution in [0.2, 0.25) is 5.02 Å². The minimum atomic E-state index is -1.21. The Kier molecular flexibility index (Phi) is 7.16. The molecule has 0 amide bonds.